The maximum absolute atomic E-state index is 14.0. The summed E-state index contributed by atoms with van der Waals surface area (Å²) in [5.41, 5.74) is 3.13. The first-order valence-electron chi connectivity index (χ1n) is 11.1. The SMILES string of the molecule is Cc1cc(CN(C)CC(=O)O)ccc1-c1noc(-c2ccc(-c3ccccc3C)c(C(F)(F)F)c2)n1. The van der Waals surface area contributed by atoms with Crippen LogP contribution in [0.25, 0.3) is 34.0 Å². The summed E-state index contributed by atoms with van der Waals surface area (Å²) >= 11 is 0. The number of aryl methyl sites for hydroxylation is 2. The number of halogens is 3. The molecule has 3 aromatic carbocycles. The molecule has 4 aromatic rings. The molecular formula is C27H24F3N3O3. The fraction of sp³-hybridized carbons (Fsp3) is 0.222. The van der Waals surface area contributed by atoms with Crippen LogP contribution in [0.1, 0.15) is 22.3 Å². The lowest BCUT2D eigenvalue weighted by Crippen LogP contribution is -2.25. The number of nitrogens with zero attached hydrogens (tertiary/aromatic N) is 3. The summed E-state index contributed by atoms with van der Waals surface area (Å²) in [4.78, 5) is 16.9. The van der Waals surface area contributed by atoms with E-state index in [1.54, 1.807) is 55.3 Å². The number of aliphatic carboxylic acids is 1. The van der Waals surface area contributed by atoms with Crippen LogP contribution in [0.5, 0.6) is 0 Å². The van der Waals surface area contributed by atoms with Crippen molar-refractivity contribution in [3.63, 3.8) is 0 Å². The average molecular weight is 496 g/mol. The highest BCUT2D eigenvalue weighted by atomic mass is 19.4. The van der Waals surface area contributed by atoms with E-state index in [9.17, 15) is 18.0 Å². The summed E-state index contributed by atoms with van der Waals surface area (Å²) in [6.07, 6.45) is -4.57. The Morgan fingerprint density at radius 1 is 0.972 bits per heavy atom. The second-order valence-corrected chi connectivity index (χ2v) is 8.71. The van der Waals surface area contributed by atoms with Crippen LogP contribution < -0.4 is 0 Å². The van der Waals surface area contributed by atoms with Crippen LogP contribution in [0, 0.1) is 13.8 Å². The number of hydrogen-bond acceptors (Lipinski definition) is 5. The van der Waals surface area contributed by atoms with Gasteiger partial charge < -0.3 is 9.63 Å². The van der Waals surface area contributed by atoms with Crippen molar-refractivity contribution in [3.05, 3.63) is 82.9 Å². The lowest BCUT2D eigenvalue weighted by molar-refractivity contribution is -0.138. The second-order valence-electron chi connectivity index (χ2n) is 8.71. The van der Waals surface area contributed by atoms with Gasteiger partial charge in [0.1, 0.15) is 0 Å². The van der Waals surface area contributed by atoms with E-state index in [-0.39, 0.29) is 29.4 Å². The van der Waals surface area contributed by atoms with E-state index in [1.165, 1.54) is 6.07 Å². The predicted octanol–water partition coefficient (Wildman–Crippen LogP) is 6.22. The molecule has 0 atom stereocenters. The Balaban J connectivity index is 1.65. The maximum atomic E-state index is 14.0. The van der Waals surface area contributed by atoms with E-state index in [0.29, 0.717) is 17.7 Å². The molecule has 6 nitrogen and oxygen atoms in total. The largest absolute Gasteiger partial charge is 0.480 e. The molecule has 4 rings (SSSR count). The molecule has 0 aliphatic rings. The zero-order valence-corrected chi connectivity index (χ0v) is 19.9. The molecule has 0 bridgehead atoms. The van der Waals surface area contributed by atoms with Gasteiger partial charge in [0.15, 0.2) is 0 Å². The fourth-order valence-electron chi connectivity index (χ4n) is 4.15. The lowest BCUT2D eigenvalue weighted by Gasteiger charge is -2.15. The van der Waals surface area contributed by atoms with Crippen molar-refractivity contribution in [1.82, 2.24) is 15.0 Å². The summed E-state index contributed by atoms with van der Waals surface area (Å²) in [6.45, 7) is 3.98. The first-order chi connectivity index (χ1) is 17.0. The number of carbonyl (C=O) groups is 1. The summed E-state index contributed by atoms with van der Waals surface area (Å²) < 4.78 is 47.3. The second kappa shape index (κ2) is 9.94. The Labute approximate surface area is 206 Å². The van der Waals surface area contributed by atoms with Crippen molar-refractivity contribution in [3.8, 4) is 34.0 Å². The van der Waals surface area contributed by atoms with Gasteiger partial charge in [0, 0.05) is 17.7 Å². The molecule has 0 unspecified atom stereocenters. The number of rotatable bonds is 7. The van der Waals surface area contributed by atoms with Crippen LogP contribution >= 0.6 is 0 Å². The Morgan fingerprint density at radius 3 is 2.36 bits per heavy atom. The van der Waals surface area contributed by atoms with Crippen molar-refractivity contribution in [2.75, 3.05) is 13.6 Å². The minimum atomic E-state index is -4.57. The first kappa shape index (κ1) is 25.1. The maximum Gasteiger partial charge on any atom is 0.417 e. The number of likely N-dealkylation sites (N-methyl/N-ethyl adjacent to an activating group) is 1. The minimum Gasteiger partial charge on any atom is -0.480 e. The van der Waals surface area contributed by atoms with Gasteiger partial charge in [-0.3, -0.25) is 9.69 Å². The average Bonchev–Trinajstić information content (AvgIpc) is 3.28. The standard InChI is InChI=1S/C27H24F3N3O3/c1-16-6-4-5-7-20(16)22-11-9-19(13-23(22)27(28,29)30)26-31-25(32-36-26)21-10-8-18(12-17(21)2)14-33(3)15-24(34)35/h4-13H,14-15H2,1-3H3,(H,34,35). The van der Waals surface area contributed by atoms with Crippen molar-refractivity contribution >= 4 is 5.97 Å². The number of carboxylic acid groups (broad SMARTS) is 1. The van der Waals surface area contributed by atoms with Crippen molar-refractivity contribution in [2.45, 2.75) is 26.6 Å². The molecule has 0 radical (unpaired) electrons. The zero-order valence-electron chi connectivity index (χ0n) is 19.9. The van der Waals surface area contributed by atoms with Crippen molar-refractivity contribution < 1.29 is 27.6 Å². The highest BCUT2D eigenvalue weighted by Gasteiger charge is 2.34. The molecule has 0 saturated carbocycles. The Kier molecular flexibility index (Phi) is 6.94. The van der Waals surface area contributed by atoms with E-state index in [0.717, 1.165) is 22.8 Å². The number of aromatic nitrogens is 2. The van der Waals surface area contributed by atoms with Gasteiger partial charge in [-0.25, -0.2) is 0 Å². The molecule has 9 heteroatoms. The third kappa shape index (κ3) is 5.46. The summed E-state index contributed by atoms with van der Waals surface area (Å²) in [5.74, 6) is -0.674. The molecule has 0 fully saturated rings. The van der Waals surface area contributed by atoms with Gasteiger partial charge in [-0.2, -0.15) is 18.2 Å². The number of benzene rings is 3. The van der Waals surface area contributed by atoms with Crippen LogP contribution in [0.3, 0.4) is 0 Å². The van der Waals surface area contributed by atoms with Crippen LogP contribution in [0.15, 0.2) is 65.2 Å². The predicted molar refractivity (Wildman–Crippen MR) is 129 cm³/mol. The van der Waals surface area contributed by atoms with Gasteiger partial charge in [-0.05, 0) is 60.8 Å². The first-order valence-corrected chi connectivity index (χ1v) is 11.1. The topological polar surface area (TPSA) is 79.5 Å². The Morgan fingerprint density at radius 2 is 1.69 bits per heavy atom. The lowest BCUT2D eigenvalue weighted by atomic mass is 9.94. The van der Waals surface area contributed by atoms with Crippen molar-refractivity contribution in [2.24, 2.45) is 0 Å². The van der Waals surface area contributed by atoms with Gasteiger partial charge in [-0.1, -0.05) is 53.7 Å². The molecule has 0 saturated heterocycles. The number of alkyl halides is 3. The van der Waals surface area contributed by atoms with Gasteiger partial charge in [0.25, 0.3) is 5.89 Å². The molecule has 1 heterocycles. The Hall–Kier alpha value is -3.98. The summed E-state index contributed by atoms with van der Waals surface area (Å²) in [5, 5.41) is 12.9. The van der Waals surface area contributed by atoms with E-state index >= 15 is 0 Å². The monoisotopic (exact) mass is 495 g/mol. The molecule has 0 aliphatic carbocycles. The zero-order chi connectivity index (χ0) is 26.0. The third-order valence-corrected chi connectivity index (χ3v) is 5.82. The van der Waals surface area contributed by atoms with Crippen LogP contribution in [-0.4, -0.2) is 39.7 Å². The van der Waals surface area contributed by atoms with E-state index in [4.69, 9.17) is 9.63 Å². The third-order valence-electron chi connectivity index (χ3n) is 5.82. The van der Waals surface area contributed by atoms with Gasteiger partial charge >= 0.3 is 12.1 Å². The summed E-state index contributed by atoms with van der Waals surface area (Å²) in [6, 6.07) is 16.4. The number of hydrogen-bond donors (Lipinski definition) is 1. The van der Waals surface area contributed by atoms with Crippen LogP contribution in [0.4, 0.5) is 13.2 Å². The minimum absolute atomic E-state index is 0.0171. The van der Waals surface area contributed by atoms with Crippen LogP contribution in [0.2, 0.25) is 0 Å². The molecular weight excluding hydrogens is 471 g/mol. The molecule has 0 spiro atoms. The molecule has 0 amide bonds. The molecule has 36 heavy (non-hydrogen) atoms. The summed E-state index contributed by atoms with van der Waals surface area (Å²) in [7, 11) is 1.71. The normalized spacial score (nSPS) is 11.8. The Bertz CT molecular complexity index is 1410. The highest BCUT2D eigenvalue weighted by Crippen LogP contribution is 2.40. The van der Waals surface area contributed by atoms with E-state index in [2.05, 4.69) is 10.1 Å². The molecule has 0 aliphatic heterocycles. The fourth-order valence-corrected chi connectivity index (χ4v) is 4.15. The smallest absolute Gasteiger partial charge is 0.417 e. The van der Waals surface area contributed by atoms with E-state index < -0.39 is 17.7 Å². The van der Waals surface area contributed by atoms with Gasteiger partial charge in [0.05, 0.1) is 12.1 Å². The molecule has 1 N–H and O–H groups in total. The van der Waals surface area contributed by atoms with Gasteiger partial charge in [0.2, 0.25) is 5.82 Å². The molecule has 186 valence electrons. The van der Waals surface area contributed by atoms with Crippen molar-refractivity contribution in [1.29, 1.82) is 0 Å². The van der Waals surface area contributed by atoms with Crippen LogP contribution in [-0.2, 0) is 17.5 Å². The van der Waals surface area contributed by atoms with E-state index in [1.807, 2.05) is 19.1 Å². The quantitative estimate of drug-likeness (QED) is 0.328. The molecule has 1 aromatic heterocycles. The highest BCUT2D eigenvalue weighted by molar-refractivity contribution is 5.75. The number of carboxylic acids is 1. The van der Waals surface area contributed by atoms with Gasteiger partial charge in [-0.15, -0.1) is 0 Å².